The number of phosphoric ester groups is 1. The van der Waals surface area contributed by atoms with Crippen molar-refractivity contribution in [2.24, 2.45) is 0 Å². The van der Waals surface area contributed by atoms with Crippen LogP contribution in [0.5, 0.6) is 5.75 Å². The van der Waals surface area contributed by atoms with E-state index in [1.54, 1.807) is 18.2 Å². The third-order valence-corrected chi connectivity index (χ3v) is 2.83. The first-order valence-electron chi connectivity index (χ1n) is 6.23. The van der Waals surface area contributed by atoms with Gasteiger partial charge in [0.05, 0.1) is 6.61 Å². The number of ether oxygens (including phenoxy) is 1. The van der Waals surface area contributed by atoms with Crippen molar-refractivity contribution >= 4 is 21.6 Å². The van der Waals surface area contributed by atoms with Gasteiger partial charge in [0, 0.05) is 5.57 Å². The molecule has 4 N–H and O–H groups in total. The summed E-state index contributed by atoms with van der Waals surface area (Å²) in [6, 6.07) is 8.10. The molecule has 24 heavy (non-hydrogen) atoms. The highest BCUT2D eigenvalue weighted by atomic mass is 31.2. The summed E-state index contributed by atoms with van der Waals surface area (Å²) in [6.07, 6.45) is 0. The Morgan fingerprint density at radius 2 is 1.58 bits per heavy atom. The van der Waals surface area contributed by atoms with Crippen LogP contribution in [0.25, 0.3) is 0 Å². The van der Waals surface area contributed by atoms with E-state index in [2.05, 4.69) is 11.1 Å². The van der Waals surface area contributed by atoms with E-state index in [0.29, 0.717) is 0 Å². The first-order valence-corrected chi connectivity index (χ1v) is 9.29. The molecule has 0 aliphatic rings. The van der Waals surface area contributed by atoms with Crippen LogP contribution < -0.4 is 4.52 Å². The predicted octanol–water partition coefficient (Wildman–Crippen LogP) is 1.37. The Kier molecular flexibility index (Phi) is 9.72. The van der Waals surface area contributed by atoms with E-state index in [9.17, 15) is 14.3 Å². The molecule has 12 heteroatoms. The molecule has 1 aromatic rings. The lowest BCUT2D eigenvalue weighted by Gasteiger charge is -2.12. The van der Waals surface area contributed by atoms with Crippen LogP contribution in [-0.4, -0.2) is 38.8 Å². The normalized spacial score (nSPS) is 13.0. The third kappa shape index (κ3) is 14.1. The second-order valence-corrected chi connectivity index (χ2v) is 6.54. The molecule has 0 radical (unpaired) electrons. The van der Waals surface area contributed by atoms with Gasteiger partial charge in [0.1, 0.15) is 12.4 Å². The highest BCUT2D eigenvalue weighted by molar-refractivity contribution is 7.47. The molecule has 0 amide bonds. The number of para-hydroxylation sites is 1. The number of hydrogen-bond donors (Lipinski definition) is 4. The molecule has 0 fully saturated rings. The minimum absolute atomic E-state index is 0.158. The molecular formula is C12H18O10P2. The Hall–Kier alpha value is -1.51. The first kappa shape index (κ1) is 22.5. The molecule has 0 saturated heterocycles. The van der Waals surface area contributed by atoms with Crippen LogP contribution >= 0.6 is 15.6 Å². The maximum absolute atomic E-state index is 11.5. The maximum atomic E-state index is 11.5. The van der Waals surface area contributed by atoms with Gasteiger partial charge in [0.25, 0.3) is 0 Å². The monoisotopic (exact) mass is 384 g/mol. The minimum atomic E-state index is -4.64. The Balaban J connectivity index is 0.000000922. The molecule has 10 nitrogen and oxygen atoms in total. The second kappa shape index (κ2) is 10.4. The molecule has 1 aromatic carbocycles. The van der Waals surface area contributed by atoms with Gasteiger partial charge in [0.2, 0.25) is 0 Å². The quantitative estimate of drug-likeness (QED) is 0.234. The fourth-order valence-corrected chi connectivity index (χ4v) is 1.80. The van der Waals surface area contributed by atoms with Gasteiger partial charge in [-0.15, -0.1) is 0 Å². The molecule has 0 spiro atoms. The van der Waals surface area contributed by atoms with Gasteiger partial charge < -0.3 is 23.9 Å². The number of benzene rings is 1. The highest BCUT2D eigenvalue weighted by Gasteiger charge is 2.22. The van der Waals surface area contributed by atoms with Crippen LogP contribution in [0.2, 0.25) is 0 Å². The molecule has 1 rings (SSSR count). The van der Waals surface area contributed by atoms with Gasteiger partial charge in [-0.3, -0.25) is 9.42 Å². The van der Waals surface area contributed by atoms with Gasteiger partial charge >= 0.3 is 21.6 Å². The molecule has 0 aliphatic carbocycles. The smallest absolute Gasteiger partial charge is 0.460 e. The summed E-state index contributed by atoms with van der Waals surface area (Å²) in [7, 11) is -8.85. The zero-order valence-electron chi connectivity index (χ0n) is 12.6. The van der Waals surface area contributed by atoms with Crippen molar-refractivity contribution in [3.8, 4) is 5.75 Å². The highest BCUT2D eigenvalue weighted by Crippen LogP contribution is 2.43. The Bertz CT molecular complexity index is 616. The van der Waals surface area contributed by atoms with E-state index in [1.807, 2.05) is 0 Å². The Labute approximate surface area is 138 Å². The summed E-state index contributed by atoms with van der Waals surface area (Å²) in [5.41, 5.74) is 0.243. The zero-order valence-corrected chi connectivity index (χ0v) is 14.4. The third-order valence-electron chi connectivity index (χ3n) is 1.88. The van der Waals surface area contributed by atoms with E-state index in [0.717, 1.165) is 0 Å². The summed E-state index contributed by atoms with van der Waals surface area (Å²) in [4.78, 5) is 42.0. The number of esters is 1. The molecule has 0 saturated carbocycles. The molecule has 1 unspecified atom stereocenters. The van der Waals surface area contributed by atoms with Gasteiger partial charge in [0.15, 0.2) is 0 Å². The fourth-order valence-electron chi connectivity index (χ4n) is 1.05. The van der Waals surface area contributed by atoms with Gasteiger partial charge in [-0.25, -0.2) is 13.9 Å². The molecular weight excluding hydrogens is 366 g/mol. The summed E-state index contributed by atoms with van der Waals surface area (Å²) in [5, 5.41) is 0. The van der Waals surface area contributed by atoms with E-state index >= 15 is 0 Å². The fraction of sp³-hybridized carbons (Fsp3) is 0.250. The van der Waals surface area contributed by atoms with Crippen molar-refractivity contribution in [1.82, 2.24) is 0 Å². The molecule has 0 aromatic heterocycles. The summed E-state index contributed by atoms with van der Waals surface area (Å²) >= 11 is 0. The van der Waals surface area contributed by atoms with E-state index in [4.69, 9.17) is 28.5 Å². The standard InChI is InChI=1S/C12H15O6P.H3O4P/c1-10(2)12(13)16-8-9-17-19(14,15)18-11-6-4-3-5-7-11;1-5(2,3)4/h3-7H,1,8-9H2,2H3,(H,14,15);(H3,1,2,3,4). The van der Waals surface area contributed by atoms with Crippen molar-refractivity contribution in [3.05, 3.63) is 42.5 Å². The van der Waals surface area contributed by atoms with E-state index in [1.165, 1.54) is 19.1 Å². The SMILES string of the molecule is C=C(C)C(=O)OCCOP(=O)(O)Oc1ccccc1.O=P(O)(O)O. The van der Waals surface area contributed by atoms with Crippen LogP contribution in [0.4, 0.5) is 0 Å². The lowest BCUT2D eigenvalue weighted by molar-refractivity contribution is -0.139. The number of carbonyl (C=O) groups excluding carboxylic acids is 1. The zero-order chi connectivity index (χ0) is 18.8. The lowest BCUT2D eigenvalue weighted by atomic mass is 10.3. The maximum Gasteiger partial charge on any atom is 0.527 e. The second-order valence-electron chi connectivity index (χ2n) is 4.14. The summed E-state index contributed by atoms with van der Waals surface area (Å²) < 4.78 is 34.5. The largest absolute Gasteiger partial charge is 0.527 e. The van der Waals surface area contributed by atoms with Crippen molar-refractivity contribution in [2.75, 3.05) is 13.2 Å². The summed E-state index contributed by atoms with van der Waals surface area (Å²) in [6.45, 7) is 4.48. The lowest BCUT2D eigenvalue weighted by Crippen LogP contribution is -2.11. The van der Waals surface area contributed by atoms with Crippen LogP contribution in [0.1, 0.15) is 6.92 Å². The number of carbonyl (C=O) groups is 1. The summed E-state index contributed by atoms with van der Waals surface area (Å²) in [5.74, 6) is -0.368. The van der Waals surface area contributed by atoms with Gasteiger partial charge in [-0.2, -0.15) is 0 Å². The van der Waals surface area contributed by atoms with E-state index in [-0.39, 0.29) is 24.5 Å². The minimum Gasteiger partial charge on any atom is -0.460 e. The van der Waals surface area contributed by atoms with E-state index < -0.39 is 21.6 Å². The van der Waals surface area contributed by atoms with Crippen LogP contribution in [-0.2, 0) is 23.2 Å². The van der Waals surface area contributed by atoms with Crippen molar-refractivity contribution in [3.63, 3.8) is 0 Å². The van der Waals surface area contributed by atoms with Gasteiger partial charge in [-0.05, 0) is 19.1 Å². The number of phosphoric acid groups is 2. The van der Waals surface area contributed by atoms with Crippen LogP contribution in [0, 0.1) is 0 Å². The van der Waals surface area contributed by atoms with Crippen molar-refractivity contribution in [2.45, 2.75) is 6.92 Å². The predicted molar refractivity (Wildman–Crippen MR) is 82.9 cm³/mol. The van der Waals surface area contributed by atoms with Crippen molar-refractivity contribution in [1.29, 1.82) is 0 Å². The molecule has 0 bridgehead atoms. The molecule has 136 valence electrons. The van der Waals surface area contributed by atoms with Gasteiger partial charge in [-0.1, -0.05) is 24.8 Å². The van der Waals surface area contributed by atoms with Crippen molar-refractivity contribution < 1.29 is 47.3 Å². The number of hydrogen-bond acceptors (Lipinski definition) is 6. The molecule has 1 atom stereocenters. The molecule has 0 aliphatic heterocycles. The topological polar surface area (TPSA) is 160 Å². The average molecular weight is 384 g/mol. The van der Waals surface area contributed by atoms with Crippen LogP contribution in [0.15, 0.2) is 42.5 Å². The molecule has 0 heterocycles. The van der Waals surface area contributed by atoms with Crippen LogP contribution in [0.3, 0.4) is 0 Å². The Morgan fingerprint density at radius 3 is 2.04 bits per heavy atom. The average Bonchev–Trinajstić information content (AvgIpc) is 2.42. The Morgan fingerprint density at radius 1 is 1.08 bits per heavy atom. The number of rotatable bonds is 7. The first-order chi connectivity index (χ1) is 10.9.